The number of nitrogens with one attached hydrogen (secondary N) is 1. The van der Waals surface area contributed by atoms with Gasteiger partial charge in [0, 0.05) is 20.3 Å². The molecule has 0 aliphatic rings. The smallest absolute Gasteiger partial charge is 0.152 e. The number of aryl methyl sites for hydroxylation is 1. The van der Waals surface area contributed by atoms with Crippen LogP contribution in [0.2, 0.25) is 0 Å². The Kier molecular flexibility index (Phi) is 3.29. The Balaban J connectivity index is 2.28. The third-order valence-electron chi connectivity index (χ3n) is 3.20. The Bertz CT molecular complexity index is 757. The molecule has 0 aliphatic heterocycles. The van der Waals surface area contributed by atoms with Gasteiger partial charge in [-0.15, -0.1) is 11.3 Å². The van der Waals surface area contributed by atoms with Gasteiger partial charge in [-0.3, -0.25) is 4.79 Å². The van der Waals surface area contributed by atoms with Crippen molar-refractivity contribution in [3.05, 3.63) is 45.2 Å². The summed E-state index contributed by atoms with van der Waals surface area (Å²) in [6.07, 6.45) is 1.96. The molecule has 1 N–H and O–H groups in total. The van der Waals surface area contributed by atoms with Gasteiger partial charge in [-0.25, -0.2) is 0 Å². The molecular formula is C15H12BrNOS. The van der Waals surface area contributed by atoms with Crippen LogP contribution in [-0.4, -0.2) is 11.3 Å². The predicted molar refractivity (Wildman–Crippen MR) is 84.1 cm³/mol. The molecule has 0 radical (unpaired) electrons. The highest BCUT2D eigenvalue weighted by Crippen LogP contribution is 2.36. The van der Waals surface area contributed by atoms with E-state index in [-0.39, 0.29) is 0 Å². The van der Waals surface area contributed by atoms with Crippen LogP contribution in [0.1, 0.15) is 22.2 Å². The lowest BCUT2D eigenvalue weighted by molar-refractivity contribution is 0.112. The largest absolute Gasteiger partial charge is 0.352 e. The molecule has 0 spiro atoms. The molecule has 0 bridgehead atoms. The van der Waals surface area contributed by atoms with Gasteiger partial charge in [0.15, 0.2) is 6.29 Å². The second-order valence-corrected chi connectivity index (χ2v) is 6.34. The van der Waals surface area contributed by atoms with E-state index in [4.69, 9.17) is 0 Å². The summed E-state index contributed by atoms with van der Waals surface area (Å²) in [4.78, 5) is 17.2. The van der Waals surface area contributed by atoms with Crippen LogP contribution in [0.5, 0.6) is 0 Å². The van der Waals surface area contributed by atoms with Crippen molar-refractivity contribution in [3.8, 4) is 10.6 Å². The van der Waals surface area contributed by atoms with Gasteiger partial charge in [-0.05, 0) is 40.5 Å². The van der Waals surface area contributed by atoms with E-state index in [0.717, 1.165) is 44.2 Å². The number of rotatable bonds is 3. The number of benzene rings is 1. The quantitative estimate of drug-likeness (QED) is 0.669. The molecule has 96 valence electrons. The summed E-state index contributed by atoms with van der Waals surface area (Å²) in [5.41, 5.74) is 2.63. The van der Waals surface area contributed by atoms with Gasteiger partial charge in [0.2, 0.25) is 0 Å². The molecule has 2 nitrogen and oxygen atoms in total. The van der Waals surface area contributed by atoms with Crippen molar-refractivity contribution in [2.75, 3.05) is 0 Å². The third kappa shape index (κ3) is 2.05. The Labute approximate surface area is 123 Å². The molecule has 0 unspecified atom stereocenters. The highest BCUT2D eigenvalue weighted by Gasteiger charge is 2.15. The fraction of sp³-hybridized carbons (Fsp3) is 0.133. The number of carbonyl (C=O) groups is 1. The number of halogens is 1. The lowest BCUT2D eigenvalue weighted by Crippen LogP contribution is -1.80. The van der Waals surface area contributed by atoms with Crippen LogP contribution in [0.25, 0.3) is 21.5 Å². The van der Waals surface area contributed by atoms with Crippen molar-refractivity contribution in [3.63, 3.8) is 0 Å². The number of thiophene rings is 1. The average Bonchev–Trinajstić information content (AvgIpc) is 3.02. The van der Waals surface area contributed by atoms with E-state index < -0.39 is 0 Å². The summed E-state index contributed by atoms with van der Waals surface area (Å²) < 4.78 is 0.978. The van der Waals surface area contributed by atoms with Gasteiger partial charge in [-0.2, -0.15) is 0 Å². The van der Waals surface area contributed by atoms with Crippen molar-refractivity contribution in [2.24, 2.45) is 0 Å². The van der Waals surface area contributed by atoms with Crippen LogP contribution in [0.15, 0.2) is 34.8 Å². The highest BCUT2D eigenvalue weighted by molar-refractivity contribution is 9.10. The summed E-state index contributed by atoms with van der Waals surface area (Å²) in [6, 6.07) is 10.1. The number of aromatic nitrogens is 1. The topological polar surface area (TPSA) is 32.9 Å². The van der Waals surface area contributed by atoms with Crippen LogP contribution in [-0.2, 0) is 6.42 Å². The van der Waals surface area contributed by atoms with Gasteiger partial charge in [-0.1, -0.05) is 19.1 Å². The van der Waals surface area contributed by atoms with E-state index in [1.807, 2.05) is 18.2 Å². The number of carbonyl (C=O) groups excluding carboxylic acids is 1. The maximum atomic E-state index is 11.4. The number of hydrogen-bond donors (Lipinski definition) is 1. The average molecular weight is 334 g/mol. The molecule has 2 heterocycles. The molecule has 2 aromatic heterocycles. The number of aromatic amines is 1. The minimum absolute atomic E-state index is 0.737. The first kappa shape index (κ1) is 12.6. The number of para-hydroxylation sites is 1. The van der Waals surface area contributed by atoms with Crippen molar-refractivity contribution in [2.45, 2.75) is 13.3 Å². The predicted octanol–water partition coefficient (Wildman–Crippen LogP) is 5.03. The fourth-order valence-corrected chi connectivity index (χ4v) is 3.65. The standard InChI is InChI=1S/C15H12BrNOS/c1-2-9-6-7-13(19-9)15-11(8-18)10-4-3-5-12(16)14(10)17-15/h3-8,17H,2H2,1H3. The van der Waals surface area contributed by atoms with Crippen LogP contribution in [0.4, 0.5) is 0 Å². The van der Waals surface area contributed by atoms with Gasteiger partial charge < -0.3 is 4.98 Å². The fourth-order valence-electron chi connectivity index (χ4n) is 2.22. The third-order valence-corrected chi connectivity index (χ3v) is 5.11. The first-order valence-electron chi connectivity index (χ1n) is 6.09. The second-order valence-electron chi connectivity index (χ2n) is 4.31. The molecular weight excluding hydrogens is 322 g/mol. The summed E-state index contributed by atoms with van der Waals surface area (Å²) in [5.74, 6) is 0. The van der Waals surface area contributed by atoms with E-state index in [1.54, 1.807) is 11.3 Å². The SMILES string of the molecule is CCc1ccc(-c2[nH]c3c(Br)cccc3c2C=O)s1. The molecule has 3 aromatic rings. The molecule has 0 amide bonds. The summed E-state index contributed by atoms with van der Waals surface area (Å²) in [7, 11) is 0. The van der Waals surface area contributed by atoms with Crippen molar-refractivity contribution < 1.29 is 4.79 Å². The zero-order valence-corrected chi connectivity index (χ0v) is 12.8. The molecule has 1 aromatic carbocycles. The molecule has 0 saturated heterocycles. The van der Waals surface area contributed by atoms with Crippen molar-refractivity contribution in [1.29, 1.82) is 0 Å². The van der Waals surface area contributed by atoms with E-state index in [1.165, 1.54) is 4.88 Å². The molecule has 19 heavy (non-hydrogen) atoms. The van der Waals surface area contributed by atoms with Crippen LogP contribution < -0.4 is 0 Å². The highest BCUT2D eigenvalue weighted by atomic mass is 79.9. The van der Waals surface area contributed by atoms with E-state index in [0.29, 0.717) is 0 Å². The lowest BCUT2D eigenvalue weighted by Gasteiger charge is -1.94. The molecule has 0 aliphatic carbocycles. The van der Waals surface area contributed by atoms with Gasteiger partial charge >= 0.3 is 0 Å². The van der Waals surface area contributed by atoms with Crippen molar-refractivity contribution in [1.82, 2.24) is 4.98 Å². The molecule has 3 rings (SSSR count). The minimum Gasteiger partial charge on any atom is -0.352 e. The first-order valence-corrected chi connectivity index (χ1v) is 7.70. The monoisotopic (exact) mass is 333 g/mol. The first-order chi connectivity index (χ1) is 9.24. The van der Waals surface area contributed by atoms with Crippen LogP contribution >= 0.6 is 27.3 Å². The minimum atomic E-state index is 0.737. The molecule has 0 saturated carbocycles. The summed E-state index contributed by atoms with van der Waals surface area (Å²) >= 11 is 5.25. The number of hydrogen-bond acceptors (Lipinski definition) is 2. The van der Waals surface area contributed by atoms with Crippen LogP contribution in [0, 0.1) is 0 Å². The maximum absolute atomic E-state index is 11.4. The molecule has 0 fully saturated rings. The van der Waals surface area contributed by atoms with Gasteiger partial charge in [0.25, 0.3) is 0 Å². The van der Waals surface area contributed by atoms with Gasteiger partial charge in [0.05, 0.1) is 16.1 Å². The Morgan fingerprint density at radius 2 is 2.16 bits per heavy atom. The van der Waals surface area contributed by atoms with E-state index in [2.05, 4.69) is 40.0 Å². The van der Waals surface area contributed by atoms with Crippen molar-refractivity contribution >= 4 is 44.5 Å². The zero-order valence-electron chi connectivity index (χ0n) is 10.4. The number of H-pyrrole nitrogens is 1. The Morgan fingerprint density at radius 1 is 1.32 bits per heavy atom. The maximum Gasteiger partial charge on any atom is 0.152 e. The molecule has 4 heteroatoms. The summed E-state index contributed by atoms with van der Waals surface area (Å²) in [5, 5.41) is 0.964. The van der Waals surface area contributed by atoms with E-state index in [9.17, 15) is 4.79 Å². The lowest BCUT2D eigenvalue weighted by atomic mass is 10.1. The van der Waals surface area contributed by atoms with E-state index >= 15 is 0 Å². The number of aldehydes is 1. The Hall–Kier alpha value is -1.39. The Morgan fingerprint density at radius 3 is 2.84 bits per heavy atom. The molecule has 0 atom stereocenters. The second kappa shape index (κ2) is 4.94. The normalized spacial score (nSPS) is 11.1. The van der Waals surface area contributed by atoms with Crippen LogP contribution in [0.3, 0.4) is 0 Å². The number of fused-ring (bicyclic) bond motifs is 1. The zero-order chi connectivity index (χ0) is 13.4. The summed E-state index contributed by atoms with van der Waals surface area (Å²) in [6.45, 7) is 2.14. The van der Waals surface area contributed by atoms with Gasteiger partial charge in [0.1, 0.15) is 0 Å².